The second-order valence-electron chi connectivity index (χ2n) is 5.03. The lowest BCUT2D eigenvalue weighted by molar-refractivity contribution is -0.0263. The molecule has 0 radical (unpaired) electrons. The van der Waals surface area contributed by atoms with E-state index >= 15 is 0 Å². The van der Waals surface area contributed by atoms with Crippen LogP contribution in [-0.2, 0) is 10.4 Å². The number of nitrogens with zero attached hydrogens (tertiary/aromatic N) is 1. The van der Waals surface area contributed by atoms with E-state index in [2.05, 4.69) is 24.2 Å². The summed E-state index contributed by atoms with van der Waals surface area (Å²) in [6.45, 7) is 2.12. The fourth-order valence-corrected chi connectivity index (χ4v) is 2.69. The van der Waals surface area contributed by atoms with Crippen LogP contribution in [0.3, 0.4) is 0 Å². The molecule has 1 atom stereocenters. The first kappa shape index (κ1) is 13.2. The molecule has 3 rings (SSSR count). The van der Waals surface area contributed by atoms with Crippen molar-refractivity contribution in [3.63, 3.8) is 0 Å². The molecular weight excluding hydrogens is 270 g/mol. The molecule has 20 heavy (non-hydrogen) atoms. The Bertz CT molecular complexity index is 621. The number of halogens is 1. The standard InChI is InChI=1S/C17H16ClNO/c1-2-17(14-8-10-15(18)11-9-14)12-16(19-20-17)13-6-4-3-5-7-13/h3-11H,2,12H2,1H3/t17-/m0/s1. The first-order valence-electron chi connectivity index (χ1n) is 6.80. The van der Waals surface area contributed by atoms with Crippen LogP contribution in [0.4, 0.5) is 0 Å². The summed E-state index contributed by atoms with van der Waals surface area (Å²) >= 11 is 5.96. The van der Waals surface area contributed by atoms with E-state index in [0.717, 1.165) is 34.7 Å². The molecule has 0 aliphatic carbocycles. The maximum atomic E-state index is 5.96. The summed E-state index contributed by atoms with van der Waals surface area (Å²) in [4.78, 5) is 5.83. The summed E-state index contributed by atoms with van der Waals surface area (Å²) in [6, 6.07) is 18.0. The lowest BCUT2D eigenvalue weighted by atomic mass is 9.85. The van der Waals surface area contributed by atoms with Gasteiger partial charge in [-0.2, -0.15) is 0 Å². The molecule has 0 aromatic heterocycles. The fraction of sp³-hybridized carbons (Fsp3) is 0.235. The molecule has 0 spiro atoms. The van der Waals surface area contributed by atoms with E-state index in [4.69, 9.17) is 16.4 Å². The van der Waals surface area contributed by atoms with Crippen LogP contribution in [0.15, 0.2) is 59.8 Å². The number of hydrogen-bond acceptors (Lipinski definition) is 2. The van der Waals surface area contributed by atoms with Crippen molar-refractivity contribution in [2.75, 3.05) is 0 Å². The number of oxime groups is 1. The van der Waals surface area contributed by atoms with Crippen molar-refractivity contribution in [1.29, 1.82) is 0 Å². The largest absolute Gasteiger partial charge is 0.384 e. The maximum Gasteiger partial charge on any atom is 0.168 e. The van der Waals surface area contributed by atoms with E-state index in [0.29, 0.717) is 0 Å². The fourth-order valence-electron chi connectivity index (χ4n) is 2.56. The normalized spacial score (nSPS) is 21.4. The molecule has 0 fully saturated rings. The Morgan fingerprint density at radius 3 is 2.45 bits per heavy atom. The zero-order chi connectivity index (χ0) is 14.0. The average Bonchev–Trinajstić information content (AvgIpc) is 2.95. The second kappa shape index (κ2) is 5.29. The van der Waals surface area contributed by atoms with Crippen LogP contribution >= 0.6 is 11.6 Å². The van der Waals surface area contributed by atoms with Gasteiger partial charge in [-0.25, -0.2) is 0 Å². The summed E-state index contributed by atoms with van der Waals surface area (Å²) in [7, 11) is 0. The van der Waals surface area contributed by atoms with E-state index in [1.807, 2.05) is 42.5 Å². The summed E-state index contributed by atoms with van der Waals surface area (Å²) in [5, 5.41) is 5.05. The Morgan fingerprint density at radius 1 is 1.10 bits per heavy atom. The molecule has 2 aromatic rings. The maximum absolute atomic E-state index is 5.96. The van der Waals surface area contributed by atoms with Crippen LogP contribution in [-0.4, -0.2) is 5.71 Å². The Kier molecular flexibility index (Phi) is 3.49. The van der Waals surface area contributed by atoms with E-state index < -0.39 is 0 Å². The van der Waals surface area contributed by atoms with Gasteiger partial charge in [0.1, 0.15) is 0 Å². The zero-order valence-corrected chi connectivity index (χ0v) is 12.1. The minimum atomic E-state index is -0.365. The monoisotopic (exact) mass is 285 g/mol. The van der Waals surface area contributed by atoms with E-state index in [-0.39, 0.29) is 5.60 Å². The highest BCUT2D eigenvalue weighted by atomic mass is 35.5. The van der Waals surface area contributed by atoms with Gasteiger partial charge in [0.05, 0.1) is 5.71 Å². The quantitative estimate of drug-likeness (QED) is 0.796. The van der Waals surface area contributed by atoms with Gasteiger partial charge in [0.2, 0.25) is 0 Å². The van der Waals surface area contributed by atoms with Gasteiger partial charge < -0.3 is 4.84 Å². The molecule has 3 heteroatoms. The van der Waals surface area contributed by atoms with Crippen molar-refractivity contribution in [2.24, 2.45) is 5.16 Å². The molecule has 0 bridgehead atoms. The molecule has 0 unspecified atom stereocenters. The van der Waals surface area contributed by atoms with Crippen LogP contribution in [0, 0.1) is 0 Å². The van der Waals surface area contributed by atoms with Gasteiger partial charge in [0, 0.05) is 11.4 Å². The number of rotatable bonds is 3. The zero-order valence-electron chi connectivity index (χ0n) is 11.3. The van der Waals surface area contributed by atoms with Crippen LogP contribution < -0.4 is 0 Å². The third kappa shape index (κ3) is 2.32. The van der Waals surface area contributed by atoms with Crippen molar-refractivity contribution >= 4 is 17.3 Å². The predicted octanol–water partition coefficient (Wildman–Crippen LogP) is 4.77. The summed E-state index contributed by atoms with van der Waals surface area (Å²) < 4.78 is 0. The first-order chi connectivity index (χ1) is 9.73. The highest BCUT2D eigenvalue weighted by molar-refractivity contribution is 6.30. The summed E-state index contributed by atoms with van der Waals surface area (Å²) in [6.07, 6.45) is 1.66. The SMILES string of the molecule is CC[C@@]1(c2ccc(Cl)cc2)CC(c2ccccc2)=NO1. The highest BCUT2D eigenvalue weighted by Crippen LogP contribution is 2.39. The molecule has 0 N–H and O–H groups in total. The van der Waals surface area contributed by atoms with E-state index in [1.54, 1.807) is 0 Å². The van der Waals surface area contributed by atoms with Crippen LogP contribution in [0.25, 0.3) is 0 Å². The Hall–Kier alpha value is -1.80. The molecule has 1 aliphatic heterocycles. The molecule has 0 saturated carbocycles. The van der Waals surface area contributed by atoms with Gasteiger partial charge in [-0.05, 0) is 29.7 Å². The Balaban J connectivity index is 1.89. The molecular formula is C17H16ClNO. The van der Waals surface area contributed by atoms with Gasteiger partial charge in [0.15, 0.2) is 5.60 Å². The third-order valence-electron chi connectivity index (χ3n) is 3.83. The van der Waals surface area contributed by atoms with Crippen molar-refractivity contribution < 1.29 is 4.84 Å². The molecule has 1 heterocycles. The van der Waals surface area contributed by atoms with E-state index in [9.17, 15) is 0 Å². The first-order valence-corrected chi connectivity index (χ1v) is 7.18. The minimum absolute atomic E-state index is 0.365. The molecule has 1 aliphatic rings. The van der Waals surface area contributed by atoms with Gasteiger partial charge in [-0.1, -0.05) is 66.1 Å². The topological polar surface area (TPSA) is 21.6 Å². The lowest BCUT2D eigenvalue weighted by Crippen LogP contribution is -2.25. The van der Waals surface area contributed by atoms with Gasteiger partial charge in [-0.3, -0.25) is 0 Å². The molecule has 102 valence electrons. The molecule has 2 nitrogen and oxygen atoms in total. The van der Waals surface area contributed by atoms with Crippen LogP contribution in [0.1, 0.15) is 30.9 Å². The summed E-state index contributed by atoms with van der Waals surface area (Å²) in [5.41, 5.74) is 2.88. The van der Waals surface area contributed by atoms with Gasteiger partial charge >= 0.3 is 0 Å². The Labute approximate surface area is 124 Å². The smallest absolute Gasteiger partial charge is 0.168 e. The average molecular weight is 286 g/mol. The molecule has 0 saturated heterocycles. The van der Waals surface area contributed by atoms with Crippen molar-refractivity contribution in [3.05, 3.63) is 70.7 Å². The highest BCUT2D eigenvalue weighted by Gasteiger charge is 2.39. The lowest BCUT2D eigenvalue weighted by Gasteiger charge is -2.25. The van der Waals surface area contributed by atoms with Crippen molar-refractivity contribution in [3.8, 4) is 0 Å². The molecule has 2 aromatic carbocycles. The van der Waals surface area contributed by atoms with Crippen molar-refractivity contribution in [2.45, 2.75) is 25.4 Å². The summed E-state index contributed by atoms with van der Waals surface area (Å²) in [5.74, 6) is 0. The van der Waals surface area contributed by atoms with Gasteiger partial charge in [0.25, 0.3) is 0 Å². The van der Waals surface area contributed by atoms with Crippen LogP contribution in [0.5, 0.6) is 0 Å². The molecule has 0 amide bonds. The van der Waals surface area contributed by atoms with Gasteiger partial charge in [-0.15, -0.1) is 0 Å². The Morgan fingerprint density at radius 2 is 1.80 bits per heavy atom. The third-order valence-corrected chi connectivity index (χ3v) is 4.08. The van der Waals surface area contributed by atoms with E-state index in [1.165, 1.54) is 0 Å². The number of hydrogen-bond donors (Lipinski definition) is 0. The predicted molar refractivity (Wildman–Crippen MR) is 82.1 cm³/mol. The minimum Gasteiger partial charge on any atom is -0.384 e. The van der Waals surface area contributed by atoms with Crippen molar-refractivity contribution in [1.82, 2.24) is 0 Å². The number of benzene rings is 2. The second-order valence-corrected chi connectivity index (χ2v) is 5.46. The van der Waals surface area contributed by atoms with Crippen LogP contribution in [0.2, 0.25) is 5.02 Å².